The zero-order valence-electron chi connectivity index (χ0n) is 12.9. The summed E-state index contributed by atoms with van der Waals surface area (Å²) in [6, 6.07) is 14.1. The largest absolute Gasteiger partial charge is 0.494 e. The SMILES string of the molecule is O=[N+]([O-])c1ccc2ncnc(NCCCOc3ccccc3)c2c1. The van der Waals surface area contributed by atoms with Crippen molar-refractivity contribution < 1.29 is 9.66 Å². The van der Waals surface area contributed by atoms with Gasteiger partial charge in [-0.05, 0) is 24.6 Å². The van der Waals surface area contributed by atoms with Gasteiger partial charge < -0.3 is 10.1 Å². The monoisotopic (exact) mass is 324 g/mol. The first-order valence-corrected chi connectivity index (χ1v) is 7.55. The quantitative estimate of drug-likeness (QED) is 0.407. The van der Waals surface area contributed by atoms with Gasteiger partial charge in [-0.3, -0.25) is 10.1 Å². The lowest BCUT2D eigenvalue weighted by atomic mass is 10.2. The third kappa shape index (κ3) is 3.75. The third-order valence-electron chi connectivity index (χ3n) is 3.46. The van der Waals surface area contributed by atoms with Gasteiger partial charge in [0.1, 0.15) is 17.9 Å². The van der Waals surface area contributed by atoms with Crippen LogP contribution in [0, 0.1) is 10.1 Å². The molecule has 0 aliphatic carbocycles. The molecular weight excluding hydrogens is 308 g/mol. The summed E-state index contributed by atoms with van der Waals surface area (Å²) in [5, 5.41) is 14.7. The predicted octanol–water partition coefficient (Wildman–Crippen LogP) is 3.42. The standard InChI is InChI=1S/C17H16N4O3/c22-21(23)13-7-8-16-15(11-13)17(20-12-19-16)18-9-4-10-24-14-5-2-1-3-6-14/h1-3,5-8,11-12H,4,9-10H2,(H,18,19,20). The Hall–Kier alpha value is -3.22. The van der Waals surface area contributed by atoms with Gasteiger partial charge in [0.15, 0.2) is 0 Å². The average molecular weight is 324 g/mol. The van der Waals surface area contributed by atoms with Crippen LogP contribution in [0.15, 0.2) is 54.9 Å². The summed E-state index contributed by atoms with van der Waals surface area (Å²) in [6.07, 6.45) is 2.21. The number of hydrogen-bond donors (Lipinski definition) is 1. The van der Waals surface area contributed by atoms with E-state index in [9.17, 15) is 10.1 Å². The highest BCUT2D eigenvalue weighted by Gasteiger charge is 2.10. The molecule has 2 aromatic carbocycles. The van der Waals surface area contributed by atoms with E-state index in [0.717, 1.165) is 12.2 Å². The van der Waals surface area contributed by atoms with E-state index in [0.29, 0.717) is 29.9 Å². The van der Waals surface area contributed by atoms with Crippen LogP contribution >= 0.6 is 0 Å². The van der Waals surface area contributed by atoms with E-state index in [1.165, 1.54) is 18.5 Å². The molecule has 0 radical (unpaired) electrons. The Kier molecular flexibility index (Phi) is 4.81. The molecule has 0 spiro atoms. The molecule has 7 heteroatoms. The van der Waals surface area contributed by atoms with Crippen LogP contribution in [-0.2, 0) is 0 Å². The van der Waals surface area contributed by atoms with Crippen molar-refractivity contribution in [3.63, 3.8) is 0 Å². The Balaban J connectivity index is 1.60. The van der Waals surface area contributed by atoms with E-state index >= 15 is 0 Å². The molecule has 1 N–H and O–H groups in total. The second-order valence-corrected chi connectivity index (χ2v) is 5.12. The summed E-state index contributed by atoms with van der Waals surface area (Å²) in [5.41, 5.74) is 0.686. The van der Waals surface area contributed by atoms with Gasteiger partial charge in [0.2, 0.25) is 0 Å². The molecule has 0 fully saturated rings. The number of nitro benzene ring substituents is 1. The first kappa shape index (κ1) is 15.7. The number of hydrogen-bond acceptors (Lipinski definition) is 6. The summed E-state index contributed by atoms with van der Waals surface area (Å²) < 4.78 is 5.62. The number of aromatic nitrogens is 2. The summed E-state index contributed by atoms with van der Waals surface area (Å²) in [7, 11) is 0. The van der Waals surface area contributed by atoms with Gasteiger partial charge in [-0.25, -0.2) is 9.97 Å². The van der Waals surface area contributed by atoms with Gasteiger partial charge in [0, 0.05) is 24.1 Å². The van der Waals surface area contributed by atoms with Gasteiger partial charge in [0.25, 0.3) is 5.69 Å². The van der Waals surface area contributed by atoms with Gasteiger partial charge in [-0.2, -0.15) is 0 Å². The molecule has 0 unspecified atom stereocenters. The summed E-state index contributed by atoms with van der Waals surface area (Å²) in [6.45, 7) is 1.21. The summed E-state index contributed by atoms with van der Waals surface area (Å²) >= 11 is 0. The first-order valence-electron chi connectivity index (χ1n) is 7.55. The lowest BCUT2D eigenvalue weighted by molar-refractivity contribution is -0.384. The topological polar surface area (TPSA) is 90.2 Å². The average Bonchev–Trinajstić information content (AvgIpc) is 2.62. The van der Waals surface area contributed by atoms with Gasteiger partial charge in [-0.1, -0.05) is 18.2 Å². The van der Waals surface area contributed by atoms with Crippen LogP contribution < -0.4 is 10.1 Å². The Morgan fingerprint density at radius 1 is 1.12 bits per heavy atom. The molecule has 3 aromatic rings. The minimum absolute atomic E-state index is 0.0211. The molecular formula is C17H16N4O3. The van der Waals surface area contributed by atoms with E-state index < -0.39 is 4.92 Å². The molecule has 122 valence electrons. The molecule has 0 amide bonds. The Labute approximate surface area is 138 Å². The highest BCUT2D eigenvalue weighted by Crippen LogP contribution is 2.24. The van der Waals surface area contributed by atoms with Crippen molar-refractivity contribution in [3.05, 3.63) is 65.0 Å². The molecule has 0 bridgehead atoms. The van der Waals surface area contributed by atoms with Crippen LogP contribution in [0.5, 0.6) is 5.75 Å². The molecule has 0 aliphatic rings. The molecule has 24 heavy (non-hydrogen) atoms. The number of rotatable bonds is 7. The van der Waals surface area contributed by atoms with Gasteiger partial charge >= 0.3 is 0 Å². The highest BCUT2D eigenvalue weighted by atomic mass is 16.6. The molecule has 0 atom stereocenters. The lowest BCUT2D eigenvalue weighted by Gasteiger charge is -2.09. The fourth-order valence-electron chi connectivity index (χ4n) is 2.28. The van der Waals surface area contributed by atoms with Crippen molar-refractivity contribution >= 4 is 22.4 Å². The van der Waals surface area contributed by atoms with Crippen molar-refractivity contribution in [2.45, 2.75) is 6.42 Å². The van der Waals surface area contributed by atoms with Crippen molar-refractivity contribution in [3.8, 4) is 5.75 Å². The number of nitrogens with one attached hydrogen (secondary N) is 1. The third-order valence-corrected chi connectivity index (χ3v) is 3.46. The summed E-state index contributed by atoms with van der Waals surface area (Å²) in [5.74, 6) is 1.42. The maximum Gasteiger partial charge on any atom is 0.270 e. The second-order valence-electron chi connectivity index (χ2n) is 5.12. The second kappa shape index (κ2) is 7.36. The number of anilines is 1. The number of nitro groups is 1. The van der Waals surface area contributed by atoms with Crippen LogP contribution in [0.3, 0.4) is 0 Å². The van der Waals surface area contributed by atoms with Crippen molar-refractivity contribution in [1.29, 1.82) is 0 Å². The predicted molar refractivity (Wildman–Crippen MR) is 91.2 cm³/mol. The Morgan fingerprint density at radius 3 is 2.75 bits per heavy atom. The number of fused-ring (bicyclic) bond motifs is 1. The van der Waals surface area contributed by atoms with E-state index in [1.54, 1.807) is 6.07 Å². The summed E-state index contributed by atoms with van der Waals surface area (Å²) in [4.78, 5) is 18.8. The van der Waals surface area contributed by atoms with Crippen molar-refractivity contribution in [1.82, 2.24) is 9.97 Å². The van der Waals surface area contributed by atoms with E-state index in [-0.39, 0.29) is 5.69 Å². The zero-order chi connectivity index (χ0) is 16.8. The number of nitrogens with zero attached hydrogens (tertiary/aromatic N) is 3. The van der Waals surface area contributed by atoms with Crippen molar-refractivity contribution in [2.24, 2.45) is 0 Å². The fraction of sp³-hybridized carbons (Fsp3) is 0.176. The lowest BCUT2D eigenvalue weighted by Crippen LogP contribution is -2.09. The van der Waals surface area contributed by atoms with Crippen LogP contribution in [0.2, 0.25) is 0 Å². The van der Waals surface area contributed by atoms with Gasteiger partial charge in [0.05, 0.1) is 17.0 Å². The van der Waals surface area contributed by atoms with Crippen LogP contribution in [0.4, 0.5) is 11.5 Å². The number of ether oxygens (including phenoxy) is 1. The maximum atomic E-state index is 10.9. The molecule has 7 nitrogen and oxygen atoms in total. The fourth-order valence-corrected chi connectivity index (χ4v) is 2.28. The van der Waals surface area contributed by atoms with Gasteiger partial charge in [-0.15, -0.1) is 0 Å². The van der Waals surface area contributed by atoms with E-state index in [1.807, 2.05) is 30.3 Å². The molecule has 0 saturated heterocycles. The number of benzene rings is 2. The number of para-hydroxylation sites is 1. The first-order chi connectivity index (χ1) is 11.7. The Morgan fingerprint density at radius 2 is 1.96 bits per heavy atom. The highest BCUT2D eigenvalue weighted by molar-refractivity contribution is 5.90. The van der Waals surface area contributed by atoms with Crippen LogP contribution in [0.1, 0.15) is 6.42 Å². The van der Waals surface area contributed by atoms with E-state index in [2.05, 4.69) is 15.3 Å². The van der Waals surface area contributed by atoms with Crippen LogP contribution in [0.25, 0.3) is 10.9 Å². The molecule has 1 heterocycles. The molecule has 0 aliphatic heterocycles. The minimum atomic E-state index is -0.427. The molecule has 3 rings (SSSR count). The maximum absolute atomic E-state index is 10.9. The number of non-ortho nitro benzene ring substituents is 1. The molecule has 1 aromatic heterocycles. The van der Waals surface area contributed by atoms with E-state index in [4.69, 9.17) is 4.74 Å². The van der Waals surface area contributed by atoms with Crippen LogP contribution in [-0.4, -0.2) is 28.0 Å². The molecule has 0 saturated carbocycles. The van der Waals surface area contributed by atoms with Crippen molar-refractivity contribution in [2.75, 3.05) is 18.5 Å². The minimum Gasteiger partial charge on any atom is -0.494 e. The smallest absolute Gasteiger partial charge is 0.270 e. The zero-order valence-corrected chi connectivity index (χ0v) is 12.9. The Bertz CT molecular complexity index is 840. The normalized spacial score (nSPS) is 10.5.